The van der Waals surface area contributed by atoms with Crippen molar-refractivity contribution >= 4 is 52.3 Å². The van der Waals surface area contributed by atoms with E-state index in [1.54, 1.807) is 40.6 Å². The molecule has 410 valence electrons. The molecular formula is C57H68N12O8S. The minimum absolute atomic E-state index is 0.0413. The summed E-state index contributed by atoms with van der Waals surface area (Å²) < 4.78 is 18.4. The summed E-state index contributed by atoms with van der Waals surface area (Å²) in [6.45, 7) is 11.5. The highest BCUT2D eigenvalue weighted by atomic mass is 32.1. The van der Waals surface area contributed by atoms with Crippen LogP contribution in [0.1, 0.15) is 94.7 Å². The van der Waals surface area contributed by atoms with Gasteiger partial charge in [-0.1, -0.05) is 55.4 Å². The number of thiazole rings is 1. The van der Waals surface area contributed by atoms with Crippen molar-refractivity contribution in [3.05, 3.63) is 102 Å². The number of likely N-dealkylation sites (tertiary alicyclic amines) is 2. The molecule has 3 amide bonds. The zero-order valence-electron chi connectivity index (χ0n) is 44.5. The predicted molar refractivity (Wildman–Crippen MR) is 295 cm³/mol. The number of phenolic OH excluding ortho intramolecular Hbond substituents is 1. The van der Waals surface area contributed by atoms with Gasteiger partial charge in [-0.3, -0.25) is 9.59 Å². The summed E-state index contributed by atoms with van der Waals surface area (Å²) in [7, 11) is 0. The topological polar surface area (TPSA) is 242 Å². The lowest BCUT2D eigenvalue weighted by atomic mass is 9.91. The van der Waals surface area contributed by atoms with Crippen molar-refractivity contribution in [3.63, 3.8) is 0 Å². The highest BCUT2D eigenvalue weighted by Crippen LogP contribution is 2.41. The monoisotopic (exact) mass is 1080 g/mol. The number of anilines is 4. The number of aromatic hydroxyl groups is 1. The molecule has 0 saturated carbocycles. The number of para-hydroxylation sites is 1. The molecule has 20 nitrogen and oxygen atoms in total. The molecule has 5 N–H and O–H groups in total. The van der Waals surface area contributed by atoms with E-state index in [2.05, 4.69) is 45.3 Å². The van der Waals surface area contributed by atoms with Crippen LogP contribution in [0.2, 0.25) is 0 Å². The number of carbonyl (C=O) groups is 3. The normalized spacial score (nSPS) is 21.7. The van der Waals surface area contributed by atoms with Gasteiger partial charge in [0.15, 0.2) is 17.4 Å². The predicted octanol–water partition coefficient (Wildman–Crippen LogP) is 7.33. The Hall–Kier alpha value is -7.52. The molecule has 5 aliphatic heterocycles. The van der Waals surface area contributed by atoms with Gasteiger partial charge in [-0.15, -0.1) is 21.5 Å². The quantitative estimate of drug-likeness (QED) is 0.0834. The van der Waals surface area contributed by atoms with Crippen LogP contribution in [0.4, 0.5) is 27.8 Å². The number of piperazine rings is 1. The van der Waals surface area contributed by atoms with E-state index < -0.39 is 18.1 Å². The SMILES string of the molecule is Cc1ncsc1-c1ccc([C@H](C)NC(=O)[C@@H]2C[C@@H](O)CN2C(=O)[C@H](c2cc(N3CCC(OC(=O)N4CCC(Oc5cc(N6C7CCC6CN(c6cc(-c8ccccc8O)nnc6N)C7)ccn5)CC4)CC3)no2)C(C)C)cc1. The van der Waals surface area contributed by atoms with Gasteiger partial charge in [0.05, 0.1) is 39.6 Å². The molecular weight excluding hydrogens is 1010 g/mol. The highest BCUT2D eigenvalue weighted by molar-refractivity contribution is 7.13. The summed E-state index contributed by atoms with van der Waals surface area (Å²) >= 11 is 1.59. The fraction of sp³-hybridized carbons (Fsp3) is 0.474. The number of nitrogens with zero attached hydrogens (tertiary/aromatic N) is 10. The number of aryl methyl sites for hydroxylation is 1. The number of benzene rings is 2. The molecule has 6 aromatic rings. The van der Waals surface area contributed by atoms with Gasteiger partial charge in [0.1, 0.15) is 29.9 Å². The second-order valence-electron chi connectivity index (χ2n) is 21.8. The van der Waals surface area contributed by atoms with E-state index in [1.807, 2.05) is 87.8 Å². The van der Waals surface area contributed by atoms with E-state index >= 15 is 0 Å². The Kier molecular flexibility index (Phi) is 15.1. The number of hydrogen-bond acceptors (Lipinski definition) is 18. The van der Waals surface area contributed by atoms with Crippen LogP contribution in [0.5, 0.6) is 11.6 Å². The number of piperidine rings is 2. The lowest BCUT2D eigenvalue weighted by molar-refractivity contribution is -0.141. The Morgan fingerprint density at radius 1 is 0.846 bits per heavy atom. The van der Waals surface area contributed by atoms with E-state index in [1.165, 1.54) is 4.90 Å². The van der Waals surface area contributed by atoms with Gasteiger partial charge in [0.25, 0.3) is 0 Å². The van der Waals surface area contributed by atoms with Gasteiger partial charge < -0.3 is 59.8 Å². The van der Waals surface area contributed by atoms with E-state index in [4.69, 9.17) is 19.7 Å². The molecule has 2 aromatic carbocycles. The summed E-state index contributed by atoms with van der Waals surface area (Å²) in [6.07, 6.45) is 4.99. The third-order valence-corrected chi connectivity index (χ3v) is 17.2. The highest BCUT2D eigenvalue weighted by Gasteiger charge is 2.45. The Balaban J connectivity index is 0.634. The van der Waals surface area contributed by atoms with Gasteiger partial charge in [-0.2, -0.15) is 0 Å². The second kappa shape index (κ2) is 22.4. The molecule has 0 radical (unpaired) electrons. The summed E-state index contributed by atoms with van der Waals surface area (Å²) in [5.41, 5.74) is 14.2. The lowest BCUT2D eigenvalue weighted by Gasteiger charge is -2.43. The third-order valence-electron chi connectivity index (χ3n) is 16.2. The summed E-state index contributed by atoms with van der Waals surface area (Å²) in [5, 5.41) is 37.3. The van der Waals surface area contributed by atoms with E-state index in [-0.39, 0.29) is 72.9 Å². The zero-order valence-corrected chi connectivity index (χ0v) is 45.3. The number of amides is 3. The summed E-state index contributed by atoms with van der Waals surface area (Å²) in [5.74, 6) is 0.528. The summed E-state index contributed by atoms with van der Waals surface area (Å²) in [4.78, 5) is 61.8. The number of aliphatic hydroxyl groups excluding tert-OH is 1. The molecule has 21 heteroatoms. The first-order valence-corrected chi connectivity index (χ1v) is 28.2. The van der Waals surface area contributed by atoms with Crippen molar-refractivity contribution in [3.8, 4) is 33.3 Å². The van der Waals surface area contributed by atoms with Crippen LogP contribution in [0.25, 0.3) is 21.7 Å². The standard InChI is InChI=1S/C57H68N12O8S/c1-33(2)52(56(73)68-31-41(70)26-47(68)55(72)61-34(3)36-9-11-37(12-10-36)53-35(4)60-32-78-53)49-28-50(64-77-49)65-21-16-43(17-22-65)76-57(74)66-23-18-42(19-24-66)75-51-25-38(15-20-59-51)69-39-13-14-40(69)30-67(29-39)46-27-45(62-63-54(46)58)44-7-5-6-8-48(44)71/h5-12,15,20,25,27-28,32-34,39-43,47,52,70-71H,13-14,16-19,21-24,26,29-31H2,1-4H3,(H2,58,63)(H,61,72)/t34-,39?,40?,41+,47-,52-/m0/s1. The fourth-order valence-corrected chi connectivity index (χ4v) is 12.9. The average Bonchev–Trinajstić information content (AvgIpc) is 4.39. The van der Waals surface area contributed by atoms with E-state index in [9.17, 15) is 24.6 Å². The number of phenols is 1. The molecule has 0 aliphatic carbocycles. The van der Waals surface area contributed by atoms with Gasteiger partial charge in [-0.25, -0.2) is 14.8 Å². The number of ether oxygens (including phenoxy) is 2. The van der Waals surface area contributed by atoms with Crippen molar-refractivity contribution in [2.75, 3.05) is 66.2 Å². The number of rotatable bonds is 14. The number of nitrogen functional groups attached to an aromatic ring is 1. The van der Waals surface area contributed by atoms with Crippen LogP contribution in [0, 0.1) is 12.8 Å². The number of carbonyl (C=O) groups excluding carboxylic acids is 3. The van der Waals surface area contributed by atoms with E-state index in [0.717, 1.165) is 59.0 Å². The fourth-order valence-electron chi connectivity index (χ4n) is 12.0. The number of pyridine rings is 1. The number of nitrogens with two attached hydrogens (primary N) is 1. The first kappa shape index (κ1) is 52.5. The molecule has 78 heavy (non-hydrogen) atoms. The molecule has 5 aliphatic rings. The number of β-amino-alcohol motifs (C(OH)–C–C–N with tert-alkyl or cyclic N) is 1. The van der Waals surface area contributed by atoms with Crippen LogP contribution in [-0.2, 0) is 14.3 Å². The maximum atomic E-state index is 14.4. The molecule has 9 heterocycles. The van der Waals surface area contributed by atoms with E-state index in [0.29, 0.717) is 86.4 Å². The number of nitrogens with one attached hydrogen (secondary N) is 1. The molecule has 5 fully saturated rings. The third kappa shape index (κ3) is 11.0. The Labute approximate surface area is 457 Å². The smallest absolute Gasteiger partial charge is 0.410 e. The van der Waals surface area contributed by atoms with Gasteiger partial charge in [-0.05, 0) is 68.0 Å². The number of aromatic nitrogens is 5. The number of hydrogen-bond donors (Lipinski definition) is 4. The van der Waals surface area contributed by atoms with Crippen molar-refractivity contribution < 1.29 is 38.6 Å². The van der Waals surface area contributed by atoms with Gasteiger partial charge in [0, 0.05) is 120 Å². The minimum atomic E-state index is -0.844. The van der Waals surface area contributed by atoms with Crippen molar-refractivity contribution in [1.29, 1.82) is 0 Å². The Morgan fingerprint density at radius 3 is 2.28 bits per heavy atom. The van der Waals surface area contributed by atoms with Crippen LogP contribution >= 0.6 is 11.3 Å². The number of fused-ring (bicyclic) bond motifs is 2. The first-order chi connectivity index (χ1) is 37.7. The Morgan fingerprint density at radius 2 is 1.58 bits per heavy atom. The van der Waals surface area contributed by atoms with Gasteiger partial charge >= 0.3 is 6.09 Å². The molecule has 5 saturated heterocycles. The van der Waals surface area contributed by atoms with Crippen LogP contribution in [0.3, 0.4) is 0 Å². The largest absolute Gasteiger partial charge is 0.507 e. The van der Waals surface area contributed by atoms with Crippen LogP contribution < -0.4 is 30.5 Å². The van der Waals surface area contributed by atoms with Crippen molar-refractivity contribution in [2.45, 2.75) is 121 Å². The lowest BCUT2D eigenvalue weighted by Crippen LogP contribution is -2.54. The van der Waals surface area contributed by atoms with Crippen molar-refractivity contribution in [2.24, 2.45) is 5.92 Å². The Bertz CT molecular complexity index is 3090. The van der Waals surface area contributed by atoms with Crippen molar-refractivity contribution in [1.82, 2.24) is 40.4 Å². The first-order valence-electron chi connectivity index (χ1n) is 27.3. The van der Waals surface area contributed by atoms with Crippen LogP contribution in [-0.4, -0.2) is 145 Å². The van der Waals surface area contributed by atoms with Crippen LogP contribution in [0.15, 0.2) is 89.0 Å². The van der Waals surface area contributed by atoms with Gasteiger partial charge in [0.2, 0.25) is 17.7 Å². The minimum Gasteiger partial charge on any atom is -0.507 e. The molecule has 6 atom stereocenters. The maximum absolute atomic E-state index is 14.4. The molecule has 11 rings (SSSR count). The maximum Gasteiger partial charge on any atom is 0.410 e. The molecule has 0 spiro atoms. The second-order valence-corrected chi connectivity index (χ2v) is 22.6. The zero-order chi connectivity index (χ0) is 54.2. The molecule has 4 aromatic heterocycles. The number of aliphatic hydroxyl groups is 1. The molecule has 2 bridgehead atoms. The average molecular weight is 1080 g/mol. The summed E-state index contributed by atoms with van der Waals surface area (Å²) in [6, 6.07) is 22.2. The molecule has 2 unspecified atom stereocenters.